The molecule has 0 saturated carbocycles. The van der Waals surface area contributed by atoms with Crippen LogP contribution in [0.5, 0.6) is 0 Å². The number of imidazole rings is 1. The molecule has 4 heterocycles. The number of hydrogen-bond acceptors (Lipinski definition) is 5. The molecule has 1 N–H and O–H groups in total. The van der Waals surface area contributed by atoms with Crippen molar-refractivity contribution in [3.8, 4) is 11.6 Å². The van der Waals surface area contributed by atoms with E-state index in [2.05, 4.69) is 15.1 Å². The fourth-order valence-corrected chi connectivity index (χ4v) is 3.04. The van der Waals surface area contributed by atoms with Crippen molar-refractivity contribution in [3.05, 3.63) is 60.0 Å². The van der Waals surface area contributed by atoms with Gasteiger partial charge in [-0.25, -0.2) is 14.6 Å². The first kappa shape index (κ1) is 17.5. The average Bonchev–Trinajstić information content (AvgIpc) is 3.37. The molecule has 4 aromatic rings. The van der Waals surface area contributed by atoms with Gasteiger partial charge in [-0.05, 0) is 44.0 Å². The van der Waals surface area contributed by atoms with E-state index in [1.54, 1.807) is 4.68 Å². The fourth-order valence-electron chi connectivity index (χ4n) is 3.04. The molecule has 7 heteroatoms. The lowest BCUT2D eigenvalue weighted by Gasteiger charge is -2.09. The lowest BCUT2D eigenvalue weighted by molar-refractivity contribution is 0.144. The molecule has 4 rings (SSSR count). The molecule has 0 radical (unpaired) electrons. The second-order valence-electron chi connectivity index (χ2n) is 6.70. The molecule has 0 bridgehead atoms. The molecule has 0 aliphatic heterocycles. The van der Waals surface area contributed by atoms with Crippen LogP contribution in [0.2, 0.25) is 0 Å². The second kappa shape index (κ2) is 7.36. The molecule has 0 aliphatic carbocycles. The van der Waals surface area contributed by atoms with Crippen LogP contribution in [-0.4, -0.2) is 35.4 Å². The molecule has 0 saturated heterocycles. The molecular weight excluding hydrogens is 342 g/mol. The summed E-state index contributed by atoms with van der Waals surface area (Å²) in [4.78, 5) is 9.30. The van der Waals surface area contributed by atoms with E-state index in [9.17, 15) is 5.11 Å². The first-order valence-electron chi connectivity index (χ1n) is 9.23. The zero-order chi connectivity index (χ0) is 18.8. The molecule has 0 unspecified atom stereocenters. The number of nitrogens with zero attached hydrogens (tertiary/aromatic N) is 5. The quantitative estimate of drug-likeness (QED) is 0.544. The number of aliphatic hydroxyl groups is 1. The molecule has 27 heavy (non-hydrogen) atoms. The summed E-state index contributed by atoms with van der Waals surface area (Å²) < 4.78 is 9.46. The Morgan fingerprint density at radius 3 is 2.78 bits per heavy atom. The third-order valence-corrected chi connectivity index (χ3v) is 4.58. The van der Waals surface area contributed by atoms with Crippen molar-refractivity contribution in [3.63, 3.8) is 0 Å². The number of furan rings is 1. The maximum absolute atomic E-state index is 10.1. The summed E-state index contributed by atoms with van der Waals surface area (Å²) in [5.74, 6) is 2.84. The second-order valence-corrected chi connectivity index (χ2v) is 6.70. The maximum atomic E-state index is 10.1. The SMILES string of the molecule is CC[C@@H](O)Cn1nc(-c2ccc(C)o2)nc1CCc1cn2ccccc2n1. The summed E-state index contributed by atoms with van der Waals surface area (Å²) in [6, 6.07) is 9.72. The van der Waals surface area contributed by atoms with Crippen molar-refractivity contribution in [2.75, 3.05) is 0 Å². The fraction of sp³-hybridized carbons (Fsp3) is 0.350. The van der Waals surface area contributed by atoms with Gasteiger partial charge in [0.25, 0.3) is 0 Å². The van der Waals surface area contributed by atoms with Crippen LogP contribution in [0.3, 0.4) is 0 Å². The lowest BCUT2D eigenvalue weighted by Crippen LogP contribution is -2.18. The highest BCUT2D eigenvalue weighted by Gasteiger charge is 2.16. The van der Waals surface area contributed by atoms with Crippen LogP contribution in [0.4, 0.5) is 0 Å². The number of rotatable bonds is 7. The predicted molar refractivity (Wildman–Crippen MR) is 101 cm³/mol. The maximum Gasteiger partial charge on any atom is 0.217 e. The highest BCUT2D eigenvalue weighted by molar-refractivity contribution is 5.46. The van der Waals surface area contributed by atoms with E-state index in [0.29, 0.717) is 31.0 Å². The van der Waals surface area contributed by atoms with E-state index in [1.165, 1.54) is 0 Å². The first-order chi connectivity index (χ1) is 13.1. The number of hydrogen-bond donors (Lipinski definition) is 1. The van der Waals surface area contributed by atoms with Gasteiger partial charge in [0.15, 0.2) is 5.76 Å². The zero-order valence-electron chi connectivity index (χ0n) is 15.5. The number of aryl methyl sites for hydroxylation is 3. The summed E-state index contributed by atoms with van der Waals surface area (Å²) in [7, 11) is 0. The van der Waals surface area contributed by atoms with Gasteiger partial charge in [-0.1, -0.05) is 13.0 Å². The number of aromatic nitrogens is 5. The van der Waals surface area contributed by atoms with Gasteiger partial charge in [-0.2, -0.15) is 0 Å². The zero-order valence-corrected chi connectivity index (χ0v) is 15.5. The van der Waals surface area contributed by atoms with Crippen LogP contribution < -0.4 is 0 Å². The van der Waals surface area contributed by atoms with Crippen LogP contribution in [-0.2, 0) is 19.4 Å². The van der Waals surface area contributed by atoms with Crippen LogP contribution in [0.1, 0.15) is 30.6 Å². The van der Waals surface area contributed by atoms with E-state index < -0.39 is 6.10 Å². The van der Waals surface area contributed by atoms with Gasteiger partial charge in [0.1, 0.15) is 17.2 Å². The Kier molecular flexibility index (Phi) is 4.77. The van der Waals surface area contributed by atoms with Gasteiger partial charge < -0.3 is 13.9 Å². The van der Waals surface area contributed by atoms with Crippen molar-refractivity contribution in [1.29, 1.82) is 0 Å². The molecule has 1 atom stereocenters. The molecule has 140 valence electrons. The van der Waals surface area contributed by atoms with Gasteiger partial charge in [0, 0.05) is 18.8 Å². The van der Waals surface area contributed by atoms with Gasteiger partial charge in [-0.3, -0.25) is 0 Å². The summed E-state index contributed by atoms with van der Waals surface area (Å²) in [6.45, 7) is 4.27. The minimum absolute atomic E-state index is 0.420. The molecule has 0 spiro atoms. The standard InChI is InChI=1S/C20H23N5O2/c1-3-16(26)13-25-19(22-20(23-25)17-9-7-14(2)27-17)10-8-15-12-24-11-5-4-6-18(24)21-15/h4-7,9,11-12,16,26H,3,8,10,13H2,1-2H3/t16-/m1/s1. The molecule has 0 fully saturated rings. The predicted octanol–water partition coefficient (Wildman–Crippen LogP) is 3.05. The Morgan fingerprint density at radius 1 is 1.15 bits per heavy atom. The largest absolute Gasteiger partial charge is 0.458 e. The average molecular weight is 365 g/mol. The third kappa shape index (κ3) is 3.78. The van der Waals surface area contributed by atoms with Crippen LogP contribution in [0.25, 0.3) is 17.2 Å². The topological polar surface area (TPSA) is 81.4 Å². The Labute approximate surface area is 157 Å². The lowest BCUT2D eigenvalue weighted by atomic mass is 10.2. The van der Waals surface area contributed by atoms with Gasteiger partial charge in [-0.15, -0.1) is 5.10 Å². The van der Waals surface area contributed by atoms with Crippen molar-refractivity contribution in [2.24, 2.45) is 0 Å². The Morgan fingerprint density at radius 2 is 2.04 bits per heavy atom. The van der Waals surface area contributed by atoms with E-state index >= 15 is 0 Å². The molecule has 0 aromatic carbocycles. The van der Waals surface area contributed by atoms with Gasteiger partial charge in [0.2, 0.25) is 5.82 Å². The van der Waals surface area contributed by atoms with Crippen LogP contribution in [0, 0.1) is 6.92 Å². The van der Waals surface area contributed by atoms with Crippen molar-refractivity contribution in [2.45, 2.75) is 45.8 Å². The van der Waals surface area contributed by atoms with Crippen LogP contribution >= 0.6 is 0 Å². The van der Waals surface area contributed by atoms with E-state index in [1.807, 2.05) is 61.0 Å². The Hall–Kier alpha value is -2.93. The molecule has 0 amide bonds. The van der Waals surface area contributed by atoms with Crippen molar-refractivity contribution < 1.29 is 9.52 Å². The normalized spacial score (nSPS) is 12.7. The Balaban J connectivity index is 1.58. The Bertz CT molecular complexity index is 1010. The summed E-state index contributed by atoms with van der Waals surface area (Å²) in [6.07, 6.45) is 5.68. The smallest absolute Gasteiger partial charge is 0.217 e. The minimum Gasteiger partial charge on any atom is -0.458 e. The van der Waals surface area contributed by atoms with Crippen molar-refractivity contribution in [1.82, 2.24) is 24.1 Å². The van der Waals surface area contributed by atoms with Gasteiger partial charge in [0.05, 0.1) is 18.3 Å². The number of aliphatic hydroxyl groups excluding tert-OH is 1. The van der Waals surface area contributed by atoms with E-state index in [-0.39, 0.29) is 0 Å². The van der Waals surface area contributed by atoms with E-state index in [4.69, 9.17) is 4.42 Å². The highest BCUT2D eigenvalue weighted by Crippen LogP contribution is 2.20. The summed E-state index contributed by atoms with van der Waals surface area (Å²) >= 11 is 0. The molecule has 7 nitrogen and oxygen atoms in total. The molecule has 4 aromatic heterocycles. The molecule has 0 aliphatic rings. The number of fused-ring (bicyclic) bond motifs is 1. The summed E-state index contributed by atoms with van der Waals surface area (Å²) in [5, 5.41) is 14.6. The molecular formula is C20H23N5O2. The monoisotopic (exact) mass is 365 g/mol. The highest BCUT2D eigenvalue weighted by atomic mass is 16.3. The third-order valence-electron chi connectivity index (χ3n) is 4.58. The van der Waals surface area contributed by atoms with Gasteiger partial charge >= 0.3 is 0 Å². The van der Waals surface area contributed by atoms with Crippen LogP contribution in [0.15, 0.2) is 47.1 Å². The summed E-state index contributed by atoms with van der Waals surface area (Å²) in [5.41, 5.74) is 1.93. The van der Waals surface area contributed by atoms with E-state index in [0.717, 1.165) is 29.3 Å². The minimum atomic E-state index is -0.452. The number of pyridine rings is 1. The van der Waals surface area contributed by atoms with Crippen molar-refractivity contribution >= 4 is 5.65 Å². The first-order valence-corrected chi connectivity index (χ1v) is 9.23.